The topological polar surface area (TPSA) is 78.4 Å². The zero-order valence-corrected chi connectivity index (χ0v) is 12.0. The van der Waals surface area contributed by atoms with Crippen molar-refractivity contribution < 1.29 is 14.7 Å². The van der Waals surface area contributed by atoms with E-state index < -0.39 is 11.5 Å². The molecule has 0 saturated heterocycles. The summed E-state index contributed by atoms with van der Waals surface area (Å²) in [4.78, 5) is 23.3. The van der Waals surface area contributed by atoms with Crippen LogP contribution in [0, 0.1) is 23.7 Å². The summed E-state index contributed by atoms with van der Waals surface area (Å²) in [7, 11) is 0. The minimum atomic E-state index is -1.11. The van der Waals surface area contributed by atoms with Gasteiger partial charge in [-0.05, 0) is 62.7 Å². The molecule has 2 amide bonds. The predicted octanol–water partition coefficient (Wildman–Crippen LogP) is 1.98. The third kappa shape index (κ3) is 2.50. The van der Waals surface area contributed by atoms with Gasteiger partial charge in [0.15, 0.2) is 0 Å². The number of nitrogens with one attached hydrogen (secondary N) is 2. The Kier molecular flexibility index (Phi) is 3.38. The number of carbonyl (C=O) groups excluding carboxylic acids is 1. The van der Waals surface area contributed by atoms with Gasteiger partial charge in [0.2, 0.25) is 0 Å². The lowest BCUT2D eigenvalue weighted by atomic mass is 9.89. The normalized spacial score (nSPS) is 34.5. The Bertz CT molecular complexity index is 421. The fourth-order valence-electron chi connectivity index (χ4n) is 4.12. The molecule has 0 aliphatic heterocycles. The lowest BCUT2D eigenvalue weighted by Crippen LogP contribution is -2.57. The van der Waals surface area contributed by atoms with E-state index in [1.54, 1.807) is 6.92 Å². The van der Waals surface area contributed by atoms with E-state index in [0.29, 0.717) is 12.5 Å². The summed E-state index contributed by atoms with van der Waals surface area (Å²) in [6, 6.07) is -0.329. The van der Waals surface area contributed by atoms with Gasteiger partial charge < -0.3 is 15.7 Å². The van der Waals surface area contributed by atoms with Crippen LogP contribution in [0.2, 0.25) is 0 Å². The van der Waals surface area contributed by atoms with Gasteiger partial charge in [-0.1, -0.05) is 6.42 Å². The molecule has 4 unspecified atom stereocenters. The van der Waals surface area contributed by atoms with E-state index in [-0.39, 0.29) is 11.9 Å². The maximum Gasteiger partial charge on any atom is 0.329 e. The number of urea groups is 1. The van der Waals surface area contributed by atoms with Crippen molar-refractivity contribution in [3.05, 3.63) is 0 Å². The Hall–Kier alpha value is -1.26. The van der Waals surface area contributed by atoms with E-state index in [0.717, 1.165) is 24.7 Å². The fraction of sp³-hybridized carbons (Fsp3) is 0.867. The standard InChI is InChI=1S/C15H24N2O3/c1-15(13(18)19,12-4-5-12)17-14(20)16-8-11-7-9-2-3-10(11)6-9/h9-12H,2-8H2,1H3,(H,18,19)(H2,16,17,20). The minimum Gasteiger partial charge on any atom is -0.480 e. The maximum atomic E-state index is 12.0. The first-order chi connectivity index (χ1) is 9.49. The number of hydrogen-bond donors (Lipinski definition) is 3. The third-order valence-corrected chi connectivity index (χ3v) is 5.62. The molecule has 3 saturated carbocycles. The molecule has 112 valence electrons. The Morgan fingerprint density at radius 1 is 1.20 bits per heavy atom. The van der Waals surface area contributed by atoms with Crippen molar-refractivity contribution in [2.45, 2.75) is 51.0 Å². The number of rotatable bonds is 5. The zero-order valence-electron chi connectivity index (χ0n) is 12.0. The molecule has 20 heavy (non-hydrogen) atoms. The van der Waals surface area contributed by atoms with E-state index in [1.807, 2.05) is 0 Å². The molecule has 0 aromatic rings. The van der Waals surface area contributed by atoms with E-state index >= 15 is 0 Å². The average Bonchev–Trinajstić information content (AvgIpc) is 3.07. The molecule has 4 atom stereocenters. The minimum absolute atomic E-state index is 0.0771. The highest BCUT2D eigenvalue weighted by atomic mass is 16.4. The van der Waals surface area contributed by atoms with Crippen molar-refractivity contribution >= 4 is 12.0 Å². The smallest absolute Gasteiger partial charge is 0.329 e. The van der Waals surface area contributed by atoms with E-state index in [1.165, 1.54) is 25.7 Å². The van der Waals surface area contributed by atoms with Gasteiger partial charge in [0.1, 0.15) is 5.54 Å². The van der Waals surface area contributed by atoms with Gasteiger partial charge in [-0.2, -0.15) is 0 Å². The molecule has 3 aliphatic carbocycles. The number of amides is 2. The SMILES string of the molecule is CC(NC(=O)NCC1CC2CCC1C2)(C(=O)O)C1CC1. The van der Waals surface area contributed by atoms with Gasteiger partial charge in [0.25, 0.3) is 0 Å². The third-order valence-electron chi connectivity index (χ3n) is 5.62. The van der Waals surface area contributed by atoms with Crippen molar-refractivity contribution in [3.63, 3.8) is 0 Å². The predicted molar refractivity (Wildman–Crippen MR) is 74.2 cm³/mol. The molecule has 0 radical (unpaired) electrons. The molecule has 3 rings (SSSR count). The molecular formula is C15H24N2O3. The van der Waals surface area contributed by atoms with E-state index in [9.17, 15) is 14.7 Å². The lowest BCUT2D eigenvalue weighted by Gasteiger charge is -2.27. The van der Waals surface area contributed by atoms with Gasteiger partial charge in [-0.15, -0.1) is 0 Å². The lowest BCUT2D eigenvalue weighted by molar-refractivity contribution is -0.144. The maximum absolute atomic E-state index is 12.0. The fourth-order valence-corrected chi connectivity index (χ4v) is 4.12. The van der Waals surface area contributed by atoms with Crippen molar-refractivity contribution in [3.8, 4) is 0 Å². The van der Waals surface area contributed by atoms with Crippen LogP contribution in [-0.4, -0.2) is 29.2 Å². The number of aliphatic carboxylic acids is 1. The first kappa shape index (κ1) is 13.7. The number of hydrogen-bond acceptors (Lipinski definition) is 2. The zero-order chi connectivity index (χ0) is 14.3. The molecule has 0 heterocycles. The van der Waals surface area contributed by atoms with Crippen molar-refractivity contribution in [2.75, 3.05) is 6.54 Å². The summed E-state index contributed by atoms with van der Waals surface area (Å²) in [5.74, 6) is 1.38. The molecule has 0 spiro atoms. The van der Waals surface area contributed by atoms with Gasteiger partial charge in [-0.3, -0.25) is 0 Å². The van der Waals surface area contributed by atoms with E-state index in [4.69, 9.17) is 0 Å². The van der Waals surface area contributed by atoms with Gasteiger partial charge in [-0.25, -0.2) is 9.59 Å². The summed E-state index contributed by atoms with van der Waals surface area (Å²) in [6.07, 6.45) is 6.97. The van der Waals surface area contributed by atoms with Crippen LogP contribution in [0.4, 0.5) is 4.79 Å². The van der Waals surface area contributed by atoms with Gasteiger partial charge in [0, 0.05) is 6.54 Å². The number of carboxylic acids is 1. The highest BCUT2D eigenvalue weighted by Gasteiger charge is 2.48. The quantitative estimate of drug-likeness (QED) is 0.720. The highest BCUT2D eigenvalue weighted by Crippen LogP contribution is 2.48. The van der Waals surface area contributed by atoms with Crippen LogP contribution in [0.25, 0.3) is 0 Å². The Labute approximate surface area is 119 Å². The Morgan fingerprint density at radius 3 is 2.45 bits per heavy atom. The van der Waals surface area contributed by atoms with Crippen LogP contribution in [0.1, 0.15) is 45.4 Å². The summed E-state index contributed by atoms with van der Waals surface area (Å²) in [5.41, 5.74) is -1.11. The number of fused-ring (bicyclic) bond motifs is 2. The average molecular weight is 280 g/mol. The van der Waals surface area contributed by atoms with E-state index in [2.05, 4.69) is 10.6 Å². The summed E-state index contributed by atoms with van der Waals surface area (Å²) in [6.45, 7) is 2.30. The molecule has 2 bridgehead atoms. The van der Waals surface area contributed by atoms with Crippen LogP contribution in [-0.2, 0) is 4.79 Å². The van der Waals surface area contributed by atoms with Crippen LogP contribution < -0.4 is 10.6 Å². The number of carbonyl (C=O) groups is 2. The molecule has 3 fully saturated rings. The second kappa shape index (κ2) is 4.93. The molecular weight excluding hydrogens is 256 g/mol. The molecule has 5 heteroatoms. The molecule has 0 aromatic heterocycles. The van der Waals surface area contributed by atoms with Crippen molar-refractivity contribution in [1.82, 2.24) is 10.6 Å². The van der Waals surface area contributed by atoms with Crippen LogP contribution in [0.3, 0.4) is 0 Å². The Balaban J connectivity index is 1.48. The van der Waals surface area contributed by atoms with Crippen molar-refractivity contribution in [2.24, 2.45) is 23.7 Å². The summed E-state index contributed by atoms with van der Waals surface area (Å²) in [5, 5.41) is 14.9. The number of carboxylic acid groups (broad SMARTS) is 1. The molecule has 3 N–H and O–H groups in total. The summed E-state index contributed by atoms with van der Waals surface area (Å²) < 4.78 is 0. The van der Waals surface area contributed by atoms with Gasteiger partial charge >= 0.3 is 12.0 Å². The second-order valence-electron chi connectivity index (χ2n) is 7.05. The first-order valence-electron chi connectivity index (χ1n) is 7.78. The van der Waals surface area contributed by atoms with Crippen LogP contribution in [0.5, 0.6) is 0 Å². The van der Waals surface area contributed by atoms with Crippen molar-refractivity contribution in [1.29, 1.82) is 0 Å². The van der Waals surface area contributed by atoms with Gasteiger partial charge in [0.05, 0.1) is 0 Å². The molecule has 3 aliphatic rings. The Morgan fingerprint density at radius 2 is 1.95 bits per heavy atom. The second-order valence-corrected chi connectivity index (χ2v) is 7.05. The molecule has 0 aromatic carbocycles. The largest absolute Gasteiger partial charge is 0.480 e. The van der Waals surface area contributed by atoms with Crippen LogP contribution in [0.15, 0.2) is 0 Å². The summed E-state index contributed by atoms with van der Waals surface area (Å²) >= 11 is 0. The molecule has 5 nitrogen and oxygen atoms in total. The first-order valence-corrected chi connectivity index (χ1v) is 7.78. The highest BCUT2D eigenvalue weighted by molar-refractivity contribution is 5.86. The van der Waals surface area contributed by atoms with Crippen LogP contribution >= 0.6 is 0 Å². The monoisotopic (exact) mass is 280 g/mol.